The largest absolute Gasteiger partial charge is 0.459 e. The number of amides is 3. The normalized spacial score (nSPS) is 14.8. The molecular formula is C26H27FN4O4. The Morgan fingerprint density at radius 1 is 0.914 bits per heavy atom. The number of carbonyl (C=O) groups excluding carboxylic acids is 3. The molecule has 0 bridgehead atoms. The van der Waals surface area contributed by atoms with Gasteiger partial charge < -0.3 is 20.0 Å². The molecular weight excluding hydrogens is 451 g/mol. The highest BCUT2D eigenvalue weighted by Crippen LogP contribution is 2.12. The predicted molar refractivity (Wildman–Crippen MR) is 128 cm³/mol. The molecule has 2 N–H and O–H groups in total. The molecule has 182 valence electrons. The molecule has 1 saturated heterocycles. The van der Waals surface area contributed by atoms with Gasteiger partial charge in [0.05, 0.1) is 12.8 Å². The van der Waals surface area contributed by atoms with Crippen molar-refractivity contribution >= 4 is 23.4 Å². The molecule has 0 aliphatic carbocycles. The average Bonchev–Trinajstić information content (AvgIpc) is 3.41. The van der Waals surface area contributed by atoms with E-state index in [1.807, 2.05) is 35.2 Å². The van der Waals surface area contributed by atoms with Gasteiger partial charge in [0, 0.05) is 38.3 Å². The van der Waals surface area contributed by atoms with Crippen LogP contribution in [0, 0.1) is 5.82 Å². The van der Waals surface area contributed by atoms with E-state index < -0.39 is 11.9 Å². The van der Waals surface area contributed by atoms with Gasteiger partial charge in [-0.3, -0.25) is 19.3 Å². The molecule has 4 rings (SSSR count). The number of benzene rings is 2. The Kier molecular flexibility index (Phi) is 7.89. The number of nitrogens with zero attached hydrogens (tertiary/aromatic N) is 2. The van der Waals surface area contributed by atoms with E-state index in [4.69, 9.17) is 4.42 Å². The maximum Gasteiger partial charge on any atom is 0.287 e. The van der Waals surface area contributed by atoms with Crippen molar-refractivity contribution in [3.63, 3.8) is 0 Å². The highest BCUT2D eigenvalue weighted by atomic mass is 19.1. The number of piperazine rings is 1. The van der Waals surface area contributed by atoms with E-state index >= 15 is 0 Å². The van der Waals surface area contributed by atoms with Gasteiger partial charge in [-0.1, -0.05) is 30.3 Å². The lowest BCUT2D eigenvalue weighted by Gasteiger charge is -2.36. The van der Waals surface area contributed by atoms with Crippen LogP contribution in [0.15, 0.2) is 77.4 Å². The van der Waals surface area contributed by atoms with Crippen LogP contribution in [-0.4, -0.2) is 66.3 Å². The molecule has 1 aromatic heterocycles. The Labute approximate surface area is 202 Å². The molecule has 0 unspecified atom stereocenters. The van der Waals surface area contributed by atoms with Gasteiger partial charge in [-0.25, -0.2) is 4.39 Å². The van der Waals surface area contributed by atoms with Gasteiger partial charge in [0.25, 0.3) is 5.91 Å². The molecule has 1 atom stereocenters. The second kappa shape index (κ2) is 11.4. The smallest absolute Gasteiger partial charge is 0.287 e. The summed E-state index contributed by atoms with van der Waals surface area (Å²) in [6.07, 6.45) is 1.76. The summed E-state index contributed by atoms with van der Waals surface area (Å²) in [5.41, 5.74) is 1.46. The first-order valence-corrected chi connectivity index (χ1v) is 11.4. The molecule has 1 fully saturated rings. The maximum atomic E-state index is 13.4. The van der Waals surface area contributed by atoms with E-state index in [0.717, 1.165) is 5.56 Å². The molecule has 1 aliphatic rings. The second-order valence-electron chi connectivity index (χ2n) is 8.35. The number of rotatable bonds is 8. The molecule has 0 spiro atoms. The lowest BCUT2D eigenvalue weighted by molar-refractivity contribution is -0.135. The van der Waals surface area contributed by atoms with Gasteiger partial charge in [0.2, 0.25) is 11.8 Å². The molecule has 9 heteroatoms. The topological polar surface area (TPSA) is 94.9 Å². The number of hydrogen-bond acceptors (Lipinski definition) is 5. The Hall–Kier alpha value is -3.98. The molecule has 3 aromatic rings. The van der Waals surface area contributed by atoms with Crippen LogP contribution < -0.4 is 10.6 Å². The zero-order valence-electron chi connectivity index (χ0n) is 19.2. The minimum atomic E-state index is -0.747. The molecule has 2 heterocycles. The second-order valence-corrected chi connectivity index (χ2v) is 8.35. The van der Waals surface area contributed by atoms with E-state index in [9.17, 15) is 18.8 Å². The van der Waals surface area contributed by atoms with E-state index in [2.05, 4.69) is 10.6 Å². The first kappa shape index (κ1) is 24.2. The summed E-state index contributed by atoms with van der Waals surface area (Å²) in [6, 6.07) is 17.5. The third-order valence-corrected chi connectivity index (χ3v) is 5.81. The van der Waals surface area contributed by atoms with Gasteiger partial charge >= 0.3 is 0 Å². The number of furan rings is 1. The minimum Gasteiger partial charge on any atom is -0.459 e. The summed E-state index contributed by atoms with van der Waals surface area (Å²) in [4.78, 5) is 42.0. The highest BCUT2D eigenvalue weighted by molar-refractivity contribution is 5.95. The molecule has 2 aromatic carbocycles. The van der Waals surface area contributed by atoms with Crippen molar-refractivity contribution in [2.24, 2.45) is 0 Å². The molecule has 3 amide bonds. The molecule has 8 nitrogen and oxygen atoms in total. The molecule has 35 heavy (non-hydrogen) atoms. The van der Waals surface area contributed by atoms with Crippen molar-refractivity contribution in [3.05, 3.63) is 90.1 Å². The van der Waals surface area contributed by atoms with Gasteiger partial charge in [-0.2, -0.15) is 0 Å². The van der Waals surface area contributed by atoms with Crippen LogP contribution in [0.2, 0.25) is 0 Å². The first-order chi connectivity index (χ1) is 17.0. The highest BCUT2D eigenvalue weighted by Gasteiger charge is 2.30. The van der Waals surface area contributed by atoms with Gasteiger partial charge in [-0.05, 0) is 42.0 Å². The maximum absolute atomic E-state index is 13.4. The summed E-state index contributed by atoms with van der Waals surface area (Å²) in [7, 11) is 0. The van der Waals surface area contributed by atoms with Crippen LogP contribution in [0.5, 0.6) is 0 Å². The monoisotopic (exact) mass is 478 g/mol. The number of halogens is 1. The lowest BCUT2D eigenvalue weighted by atomic mass is 10.0. The van der Waals surface area contributed by atoms with Crippen LogP contribution >= 0.6 is 0 Å². The Bertz CT molecular complexity index is 1130. The summed E-state index contributed by atoms with van der Waals surface area (Å²) in [5.74, 6) is -1.05. The number of nitrogens with one attached hydrogen (secondary N) is 2. The molecule has 0 radical (unpaired) electrons. The quantitative estimate of drug-likeness (QED) is 0.519. The van der Waals surface area contributed by atoms with E-state index in [0.29, 0.717) is 38.3 Å². The Morgan fingerprint density at radius 2 is 1.63 bits per heavy atom. The molecule has 1 aliphatic heterocycles. The SMILES string of the molecule is O=C(CN1CCN(C(=O)[C@H](Cc2ccccc2)NC(=O)c2ccco2)CC1)Nc1ccc(F)cc1. The summed E-state index contributed by atoms with van der Waals surface area (Å²) in [5, 5.41) is 5.56. The van der Waals surface area contributed by atoms with E-state index in [1.165, 1.54) is 30.5 Å². The summed E-state index contributed by atoms with van der Waals surface area (Å²) in [6.45, 7) is 2.08. The van der Waals surface area contributed by atoms with Crippen molar-refractivity contribution in [1.82, 2.24) is 15.1 Å². The van der Waals surface area contributed by atoms with Crippen LogP contribution in [-0.2, 0) is 16.0 Å². The Balaban J connectivity index is 1.33. The predicted octanol–water partition coefficient (Wildman–Crippen LogP) is 2.54. The van der Waals surface area contributed by atoms with Crippen molar-refractivity contribution < 1.29 is 23.2 Å². The zero-order valence-corrected chi connectivity index (χ0v) is 19.2. The van der Waals surface area contributed by atoms with E-state index in [1.54, 1.807) is 17.0 Å². The fourth-order valence-corrected chi connectivity index (χ4v) is 3.97. The first-order valence-electron chi connectivity index (χ1n) is 11.4. The van der Waals surface area contributed by atoms with Crippen LogP contribution in [0.25, 0.3) is 0 Å². The Morgan fingerprint density at radius 3 is 2.29 bits per heavy atom. The van der Waals surface area contributed by atoms with Gasteiger partial charge in [0.1, 0.15) is 11.9 Å². The number of carbonyl (C=O) groups is 3. The van der Waals surface area contributed by atoms with Gasteiger partial charge in [0.15, 0.2) is 5.76 Å². The molecule has 0 saturated carbocycles. The van der Waals surface area contributed by atoms with E-state index in [-0.39, 0.29) is 29.9 Å². The average molecular weight is 479 g/mol. The van der Waals surface area contributed by atoms with Crippen LogP contribution in [0.3, 0.4) is 0 Å². The van der Waals surface area contributed by atoms with Gasteiger partial charge in [-0.15, -0.1) is 0 Å². The zero-order chi connectivity index (χ0) is 24.6. The van der Waals surface area contributed by atoms with Crippen molar-refractivity contribution in [1.29, 1.82) is 0 Å². The standard InChI is InChI=1S/C26H27FN4O4/c27-20-8-10-21(11-9-20)28-24(32)18-30-12-14-31(15-13-30)26(34)22(17-19-5-2-1-3-6-19)29-25(33)23-7-4-16-35-23/h1-11,16,22H,12-15,17-18H2,(H,28,32)(H,29,33)/t22-/m0/s1. The lowest BCUT2D eigenvalue weighted by Crippen LogP contribution is -2.56. The third kappa shape index (κ3) is 6.77. The third-order valence-electron chi connectivity index (χ3n) is 5.81. The van der Waals surface area contributed by atoms with Crippen LogP contribution in [0.4, 0.5) is 10.1 Å². The van der Waals surface area contributed by atoms with Crippen molar-refractivity contribution in [2.45, 2.75) is 12.5 Å². The number of hydrogen-bond donors (Lipinski definition) is 2. The van der Waals surface area contributed by atoms with Crippen molar-refractivity contribution in [3.8, 4) is 0 Å². The number of anilines is 1. The fraction of sp³-hybridized carbons (Fsp3) is 0.269. The summed E-state index contributed by atoms with van der Waals surface area (Å²) < 4.78 is 18.2. The van der Waals surface area contributed by atoms with Crippen molar-refractivity contribution in [2.75, 3.05) is 38.0 Å². The fourth-order valence-electron chi connectivity index (χ4n) is 3.97. The van der Waals surface area contributed by atoms with Crippen LogP contribution in [0.1, 0.15) is 16.1 Å². The summed E-state index contributed by atoms with van der Waals surface area (Å²) >= 11 is 0. The minimum absolute atomic E-state index is 0.146.